The summed E-state index contributed by atoms with van der Waals surface area (Å²) in [5.74, 6) is 0.612. The highest BCUT2D eigenvalue weighted by atomic mass is 32.1. The Morgan fingerprint density at radius 1 is 1.00 bits per heavy atom. The molecule has 20 heavy (non-hydrogen) atoms. The van der Waals surface area contributed by atoms with E-state index in [9.17, 15) is 0 Å². The molecule has 0 aliphatic heterocycles. The Morgan fingerprint density at radius 2 is 1.85 bits per heavy atom. The van der Waals surface area contributed by atoms with Crippen molar-refractivity contribution in [3.05, 3.63) is 37.0 Å². The van der Waals surface area contributed by atoms with Gasteiger partial charge in [0.2, 0.25) is 11.3 Å². The van der Waals surface area contributed by atoms with Crippen LogP contribution < -0.4 is 0 Å². The summed E-state index contributed by atoms with van der Waals surface area (Å²) in [4.78, 5) is 17.1. The molecule has 0 saturated heterocycles. The van der Waals surface area contributed by atoms with Crippen LogP contribution >= 0.6 is 11.7 Å². The Kier molecular flexibility index (Phi) is 2.46. The molecule has 0 aliphatic carbocycles. The van der Waals surface area contributed by atoms with E-state index in [2.05, 4.69) is 28.7 Å². The SMILES string of the molecule is c1coc(-c2nc3nsnc3nc2-c2ccncn2)c1. The second kappa shape index (κ2) is 4.42. The topological polar surface area (TPSA) is 90.5 Å². The zero-order chi connectivity index (χ0) is 13.4. The minimum Gasteiger partial charge on any atom is -0.463 e. The van der Waals surface area contributed by atoms with Gasteiger partial charge in [0.1, 0.15) is 17.7 Å². The second-order valence-electron chi connectivity index (χ2n) is 3.90. The fraction of sp³-hybridized carbons (Fsp3) is 0. The highest BCUT2D eigenvalue weighted by molar-refractivity contribution is 6.99. The van der Waals surface area contributed by atoms with Gasteiger partial charge in [0.05, 0.1) is 23.7 Å². The van der Waals surface area contributed by atoms with Crippen LogP contribution in [0.3, 0.4) is 0 Å². The number of rotatable bonds is 2. The van der Waals surface area contributed by atoms with Crippen LogP contribution in [0.15, 0.2) is 41.4 Å². The first kappa shape index (κ1) is 11.1. The Hall–Kier alpha value is -2.74. The average molecular weight is 282 g/mol. The summed E-state index contributed by atoms with van der Waals surface area (Å²) in [5, 5.41) is 0. The molecule has 4 heterocycles. The van der Waals surface area contributed by atoms with Crippen molar-refractivity contribution in [2.75, 3.05) is 0 Å². The number of hydrogen-bond donors (Lipinski definition) is 0. The number of fused-ring (bicyclic) bond motifs is 1. The van der Waals surface area contributed by atoms with E-state index in [0.717, 1.165) is 11.7 Å². The fourth-order valence-corrected chi connectivity index (χ4v) is 2.27. The van der Waals surface area contributed by atoms with Gasteiger partial charge in [-0.1, -0.05) is 0 Å². The van der Waals surface area contributed by atoms with Crippen molar-refractivity contribution in [3.63, 3.8) is 0 Å². The molecule has 0 amide bonds. The standard InChI is InChI=1S/C12H6N6OS/c1-2-8(19-5-1)10-9(7-3-4-13-6-14-7)15-11-12(16-10)18-20-17-11/h1-6H. The molecular formula is C12H6N6OS. The maximum atomic E-state index is 5.42. The first-order valence-electron chi connectivity index (χ1n) is 5.72. The lowest BCUT2D eigenvalue weighted by atomic mass is 10.2. The summed E-state index contributed by atoms with van der Waals surface area (Å²) in [6.45, 7) is 0. The van der Waals surface area contributed by atoms with Crippen molar-refractivity contribution in [1.29, 1.82) is 0 Å². The molecule has 4 rings (SSSR count). The molecule has 0 radical (unpaired) electrons. The summed E-state index contributed by atoms with van der Waals surface area (Å²) < 4.78 is 13.6. The van der Waals surface area contributed by atoms with Gasteiger partial charge in [0.15, 0.2) is 5.76 Å². The molecule has 0 atom stereocenters. The molecule has 0 aromatic carbocycles. The summed E-state index contributed by atoms with van der Waals surface area (Å²) in [5.41, 5.74) is 2.85. The Balaban J connectivity index is 2.04. The van der Waals surface area contributed by atoms with E-state index < -0.39 is 0 Å². The van der Waals surface area contributed by atoms with Gasteiger partial charge in [-0.3, -0.25) is 0 Å². The van der Waals surface area contributed by atoms with Gasteiger partial charge in [-0.2, -0.15) is 8.75 Å². The minimum atomic E-state index is 0.499. The van der Waals surface area contributed by atoms with E-state index in [1.54, 1.807) is 24.6 Å². The van der Waals surface area contributed by atoms with Crippen LogP contribution in [0.5, 0.6) is 0 Å². The van der Waals surface area contributed by atoms with Gasteiger partial charge in [-0.25, -0.2) is 19.9 Å². The molecule has 8 heteroatoms. The van der Waals surface area contributed by atoms with Gasteiger partial charge in [0, 0.05) is 6.20 Å². The van der Waals surface area contributed by atoms with Crippen LogP contribution in [0, 0.1) is 0 Å². The molecular weight excluding hydrogens is 276 g/mol. The lowest BCUT2D eigenvalue weighted by molar-refractivity contribution is 0.580. The van der Waals surface area contributed by atoms with Crippen molar-refractivity contribution in [3.8, 4) is 22.8 Å². The smallest absolute Gasteiger partial charge is 0.213 e. The van der Waals surface area contributed by atoms with Crippen molar-refractivity contribution < 1.29 is 4.42 Å². The number of aromatic nitrogens is 6. The summed E-state index contributed by atoms with van der Waals surface area (Å²) in [6.07, 6.45) is 4.70. The molecule has 0 bridgehead atoms. The van der Waals surface area contributed by atoms with E-state index >= 15 is 0 Å². The summed E-state index contributed by atoms with van der Waals surface area (Å²) in [6, 6.07) is 5.38. The lowest BCUT2D eigenvalue weighted by Crippen LogP contribution is -1.96. The molecule has 96 valence electrons. The van der Waals surface area contributed by atoms with E-state index in [-0.39, 0.29) is 0 Å². The Bertz CT molecular complexity index is 858. The van der Waals surface area contributed by atoms with Crippen LogP contribution in [0.25, 0.3) is 34.1 Å². The van der Waals surface area contributed by atoms with Gasteiger partial charge in [-0.15, -0.1) is 0 Å². The van der Waals surface area contributed by atoms with Crippen LogP contribution in [-0.2, 0) is 0 Å². The van der Waals surface area contributed by atoms with Crippen molar-refractivity contribution in [2.24, 2.45) is 0 Å². The third kappa shape index (κ3) is 1.74. The van der Waals surface area contributed by atoms with Crippen molar-refractivity contribution in [1.82, 2.24) is 28.7 Å². The maximum absolute atomic E-state index is 5.42. The fourth-order valence-electron chi connectivity index (χ4n) is 1.83. The molecule has 7 nitrogen and oxygen atoms in total. The molecule has 0 unspecified atom stereocenters. The molecule has 0 N–H and O–H groups in total. The quantitative estimate of drug-likeness (QED) is 0.556. The minimum absolute atomic E-state index is 0.499. The number of furan rings is 1. The van der Waals surface area contributed by atoms with E-state index in [1.807, 2.05) is 6.07 Å². The molecule has 0 aliphatic rings. The Labute approximate surface area is 116 Å². The molecule has 0 spiro atoms. The average Bonchev–Trinajstić information content (AvgIpc) is 3.17. The van der Waals surface area contributed by atoms with Crippen LogP contribution in [0.2, 0.25) is 0 Å². The maximum Gasteiger partial charge on any atom is 0.213 e. The van der Waals surface area contributed by atoms with Crippen LogP contribution in [-0.4, -0.2) is 28.7 Å². The third-order valence-electron chi connectivity index (χ3n) is 2.69. The highest BCUT2D eigenvalue weighted by Crippen LogP contribution is 2.29. The monoisotopic (exact) mass is 282 g/mol. The first-order valence-corrected chi connectivity index (χ1v) is 6.45. The van der Waals surface area contributed by atoms with Crippen LogP contribution in [0.4, 0.5) is 0 Å². The van der Waals surface area contributed by atoms with Crippen molar-refractivity contribution in [2.45, 2.75) is 0 Å². The normalized spacial score (nSPS) is 11.0. The zero-order valence-corrected chi connectivity index (χ0v) is 10.8. The molecule has 0 fully saturated rings. The van der Waals surface area contributed by atoms with Gasteiger partial charge in [-0.05, 0) is 18.2 Å². The number of nitrogens with zero attached hydrogens (tertiary/aromatic N) is 6. The predicted molar refractivity (Wildman–Crippen MR) is 71.7 cm³/mol. The van der Waals surface area contributed by atoms with E-state index in [0.29, 0.717) is 34.1 Å². The van der Waals surface area contributed by atoms with Crippen molar-refractivity contribution >= 4 is 23.0 Å². The van der Waals surface area contributed by atoms with Gasteiger partial charge < -0.3 is 4.42 Å². The zero-order valence-electron chi connectivity index (χ0n) is 9.96. The Morgan fingerprint density at radius 3 is 2.55 bits per heavy atom. The summed E-state index contributed by atoms with van der Waals surface area (Å²) >= 11 is 1.07. The van der Waals surface area contributed by atoms with E-state index in [4.69, 9.17) is 4.42 Å². The number of hydrogen-bond acceptors (Lipinski definition) is 8. The highest BCUT2D eigenvalue weighted by Gasteiger charge is 2.17. The van der Waals surface area contributed by atoms with Gasteiger partial charge >= 0.3 is 0 Å². The summed E-state index contributed by atoms with van der Waals surface area (Å²) in [7, 11) is 0. The first-order chi connectivity index (χ1) is 9.92. The van der Waals surface area contributed by atoms with E-state index in [1.165, 1.54) is 6.33 Å². The third-order valence-corrected chi connectivity index (χ3v) is 3.20. The molecule has 0 saturated carbocycles. The predicted octanol–water partition coefficient (Wildman–Crippen LogP) is 2.20. The molecule has 4 aromatic rings. The lowest BCUT2D eigenvalue weighted by Gasteiger charge is -2.04. The second-order valence-corrected chi connectivity index (χ2v) is 4.43. The van der Waals surface area contributed by atoms with Gasteiger partial charge in [0.25, 0.3) is 0 Å². The largest absolute Gasteiger partial charge is 0.463 e. The van der Waals surface area contributed by atoms with Crippen LogP contribution in [0.1, 0.15) is 0 Å². The molecule has 4 aromatic heterocycles.